The van der Waals surface area contributed by atoms with E-state index in [1.165, 1.54) is 24.8 Å². The molecule has 3 rings (SSSR count). The molecule has 1 aromatic carbocycles. The van der Waals surface area contributed by atoms with Gasteiger partial charge in [0.05, 0.1) is 6.33 Å². The first-order valence-corrected chi connectivity index (χ1v) is 7.35. The van der Waals surface area contributed by atoms with Crippen molar-refractivity contribution in [3.63, 3.8) is 0 Å². The van der Waals surface area contributed by atoms with Gasteiger partial charge in [-0.1, -0.05) is 24.3 Å². The summed E-state index contributed by atoms with van der Waals surface area (Å²) in [4.78, 5) is 4.07. The molecule has 1 unspecified atom stereocenters. The molecular formula is C17H21N3. The number of nitrogens with zero attached hydrogens (tertiary/aromatic N) is 2. The SMILES string of the molecule is C1=CCC(CNCc2ccc(-n3ccnc3)cc2)CC1. The van der Waals surface area contributed by atoms with Crippen LogP contribution < -0.4 is 5.32 Å². The van der Waals surface area contributed by atoms with E-state index in [2.05, 4.69) is 46.7 Å². The molecule has 0 saturated carbocycles. The predicted molar refractivity (Wildman–Crippen MR) is 81.8 cm³/mol. The van der Waals surface area contributed by atoms with Crippen LogP contribution in [0.5, 0.6) is 0 Å². The summed E-state index contributed by atoms with van der Waals surface area (Å²) in [5, 5.41) is 3.57. The van der Waals surface area contributed by atoms with Crippen LogP contribution in [0.15, 0.2) is 55.1 Å². The molecule has 104 valence electrons. The first kappa shape index (κ1) is 13.1. The molecule has 0 amide bonds. The lowest BCUT2D eigenvalue weighted by molar-refractivity contribution is 0.440. The first-order valence-electron chi connectivity index (χ1n) is 7.35. The third-order valence-electron chi connectivity index (χ3n) is 3.88. The lowest BCUT2D eigenvalue weighted by Crippen LogP contribution is -2.23. The Bertz CT molecular complexity index is 540. The van der Waals surface area contributed by atoms with Crippen molar-refractivity contribution in [2.75, 3.05) is 6.54 Å². The Labute approximate surface area is 120 Å². The Morgan fingerprint density at radius 2 is 2.10 bits per heavy atom. The molecule has 1 aliphatic rings. The second-order valence-corrected chi connectivity index (χ2v) is 5.42. The van der Waals surface area contributed by atoms with Gasteiger partial charge >= 0.3 is 0 Å². The van der Waals surface area contributed by atoms with E-state index in [1.54, 1.807) is 6.20 Å². The van der Waals surface area contributed by atoms with Crippen LogP contribution in [0.4, 0.5) is 0 Å². The van der Waals surface area contributed by atoms with Gasteiger partial charge in [0, 0.05) is 24.6 Å². The maximum atomic E-state index is 4.07. The van der Waals surface area contributed by atoms with Crippen molar-refractivity contribution in [2.24, 2.45) is 5.92 Å². The fourth-order valence-corrected chi connectivity index (χ4v) is 2.66. The first-order chi connectivity index (χ1) is 9.92. The van der Waals surface area contributed by atoms with Gasteiger partial charge in [-0.05, 0) is 49.4 Å². The van der Waals surface area contributed by atoms with Crippen molar-refractivity contribution in [1.29, 1.82) is 0 Å². The van der Waals surface area contributed by atoms with E-state index < -0.39 is 0 Å². The van der Waals surface area contributed by atoms with E-state index in [1.807, 2.05) is 17.1 Å². The van der Waals surface area contributed by atoms with E-state index >= 15 is 0 Å². The minimum Gasteiger partial charge on any atom is -0.312 e. The molecule has 20 heavy (non-hydrogen) atoms. The van der Waals surface area contributed by atoms with Crippen LogP contribution in [0.3, 0.4) is 0 Å². The van der Waals surface area contributed by atoms with Crippen molar-refractivity contribution in [2.45, 2.75) is 25.8 Å². The van der Waals surface area contributed by atoms with Gasteiger partial charge in [-0.15, -0.1) is 0 Å². The summed E-state index contributed by atoms with van der Waals surface area (Å²) in [7, 11) is 0. The summed E-state index contributed by atoms with van der Waals surface area (Å²) in [6, 6.07) is 8.65. The molecule has 0 fully saturated rings. The van der Waals surface area contributed by atoms with Crippen molar-refractivity contribution in [3.8, 4) is 5.69 Å². The summed E-state index contributed by atoms with van der Waals surface area (Å²) in [6.07, 6.45) is 14.0. The summed E-state index contributed by atoms with van der Waals surface area (Å²) < 4.78 is 2.02. The van der Waals surface area contributed by atoms with Crippen molar-refractivity contribution in [1.82, 2.24) is 14.9 Å². The molecule has 0 bridgehead atoms. The molecule has 0 radical (unpaired) electrons. The summed E-state index contributed by atoms with van der Waals surface area (Å²) in [5.74, 6) is 0.810. The van der Waals surface area contributed by atoms with E-state index in [4.69, 9.17) is 0 Å². The standard InChI is InChI=1S/C17H21N3/c1-2-4-15(5-3-1)12-19-13-16-6-8-17(9-7-16)20-11-10-18-14-20/h1-2,6-11,14-15,19H,3-5,12-13H2. The van der Waals surface area contributed by atoms with E-state index in [0.29, 0.717) is 0 Å². The van der Waals surface area contributed by atoms with Gasteiger partial charge in [-0.3, -0.25) is 0 Å². The van der Waals surface area contributed by atoms with Crippen molar-refractivity contribution >= 4 is 0 Å². The highest BCUT2D eigenvalue weighted by molar-refractivity contribution is 5.34. The molecule has 1 aliphatic carbocycles. The smallest absolute Gasteiger partial charge is 0.0991 e. The second kappa shape index (κ2) is 6.53. The lowest BCUT2D eigenvalue weighted by atomic mass is 9.94. The molecule has 3 heteroatoms. The fourth-order valence-electron chi connectivity index (χ4n) is 2.66. The Morgan fingerprint density at radius 1 is 1.20 bits per heavy atom. The Balaban J connectivity index is 1.49. The number of benzene rings is 1. The Hall–Kier alpha value is -1.87. The predicted octanol–water partition coefficient (Wildman–Crippen LogP) is 3.32. The molecule has 1 N–H and O–H groups in total. The molecule has 0 aliphatic heterocycles. The zero-order valence-corrected chi connectivity index (χ0v) is 11.7. The van der Waals surface area contributed by atoms with Crippen LogP contribution in [-0.2, 0) is 6.54 Å². The van der Waals surface area contributed by atoms with E-state index in [9.17, 15) is 0 Å². The number of rotatable bonds is 5. The average molecular weight is 267 g/mol. The largest absolute Gasteiger partial charge is 0.312 e. The minimum atomic E-state index is 0.810. The number of nitrogens with one attached hydrogen (secondary N) is 1. The number of hydrogen-bond acceptors (Lipinski definition) is 2. The number of imidazole rings is 1. The molecule has 1 atom stereocenters. The Morgan fingerprint density at radius 3 is 2.80 bits per heavy atom. The number of allylic oxidation sites excluding steroid dienone is 2. The third-order valence-corrected chi connectivity index (χ3v) is 3.88. The molecule has 0 saturated heterocycles. The molecule has 1 aromatic heterocycles. The van der Waals surface area contributed by atoms with Crippen molar-refractivity contribution in [3.05, 3.63) is 60.7 Å². The van der Waals surface area contributed by atoms with Crippen LogP contribution >= 0.6 is 0 Å². The van der Waals surface area contributed by atoms with Crippen LogP contribution in [0.1, 0.15) is 24.8 Å². The fraction of sp³-hybridized carbons (Fsp3) is 0.353. The van der Waals surface area contributed by atoms with Gasteiger partial charge in [0.2, 0.25) is 0 Å². The highest BCUT2D eigenvalue weighted by Crippen LogP contribution is 2.17. The minimum absolute atomic E-state index is 0.810. The second-order valence-electron chi connectivity index (χ2n) is 5.42. The maximum Gasteiger partial charge on any atom is 0.0991 e. The topological polar surface area (TPSA) is 29.9 Å². The number of hydrogen-bond donors (Lipinski definition) is 1. The maximum absolute atomic E-state index is 4.07. The quantitative estimate of drug-likeness (QED) is 0.842. The van der Waals surface area contributed by atoms with Crippen molar-refractivity contribution < 1.29 is 0 Å². The van der Waals surface area contributed by atoms with Gasteiger partial charge in [0.25, 0.3) is 0 Å². The van der Waals surface area contributed by atoms with Gasteiger partial charge < -0.3 is 9.88 Å². The summed E-state index contributed by atoms with van der Waals surface area (Å²) in [6.45, 7) is 2.07. The highest BCUT2D eigenvalue weighted by Gasteiger charge is 2.08. The van der Waals surface area contributed by atoms with Gasteiger partial charge in [0.15, 0.2) is 0 Å². The van der Waals surface area contributed by atoms with Crippen LogP contribution in [-0.4, -0.2) is 16.1 Å². The van der Waals surface area contributed by atoms with Gasteiger partial charge in [-0.25, -0.2) is 4.98 Å². The van der Waals surface area contributed by atoms with Crippen LogP contribution in [0, 0.1) is 5.92 Å². The molecular weight excluding hydrogens is 246 g/mol. The summed E-state index contributed by atoms with van der Waals surface area (Å²) in [5.41, 5.74) is 2.49. The Kier molecular flexibility index (Phi) is 4.28. The monoisotopic (exact) mass is 267 g/mol. The van der Waals surface area contributed by atoms with Crippen LogP contribution in [0.25, 0.3) is 5.69 Å². The molecule has 3 nitrogen and oxygen atoms in total. The lowest BCUT2D eigenvalue weighted by Gasteiger charge is -2.18. The highest BCUT2D eigenvalue weighted by atomic mass is 15.0. The van der Waals surface area contributed by atoms with E-state index in [-0.39, 0.29) is 0 Å². The molecule has 1 heterocycles. The van der Waals surface area contributed by atoms with E-state index in [0.717, 1.165) is 24.7 Å². The van der Waals surface area contributed by atoms with Gasteiger partial charge in [-0.2, -0.15) is 0 Å². The normalized spacial score (nSPS) is 18.3. The molecule has 0 spiro atoms. The third kappa shape index (κ3) is 3.36. The zero-order valence-electron chi connectivity index (χ0n) is 11.7. The zero-order chi connectivity index (χ0) is 13.6. The average Bonchev–Trinajstić information content (AvgIpc) is 3.03. The molecule has 2 aromatic rings. The summed E-state index contributed by atoms with van der Waals surface area (Å²) >= 11 is 0. The number of aromatic nitrogens is 2. The van der Waals surface area contributed by atoms with Crippen LogP contribution in [0.2, 0.25) is 0 Å². The van der Waals surface area contributed by atoms with Gasteiger partial charge in [0.1, 0.15) is 0 Å².